The highest BCUT2D eigenvalue weighted by molar-refractivity contribution is 7.89. The molecule has 0 amide bonds. The number of hydrogen-bond acceptors (Lipinski definition) is 6. The second-order valence-electron chi connectivity index (χ2n) is 5.64. The molecule has 0 aliphatic rings. The monoisotopic (exact) mass is 413 g/mol. The van der Waals surface area contributed by atoms with Crippen LogP contribution >= 0.6 is 11.6 Å². The van der Waals surface area contributed by atoms with Gasteiger partial charge in [-0.1, -0.05) is 23.7 Å². The number of ketones is 1. The van der Waals surface area contributed by atoms with Crippen LogP contribution in [0.15, 0.2) is 41.3 Å². The smallest absolute Gasteiger partial charge is 0.318 e. The number of carbonyl (C=O) groups is 3. The molecular weight excluding hydrogens is 398 g/mol. The molecule has 0 saturated carbocycles. The van der Waals surface area contributed by atoms with Crippen LogP contribution in [0.4, 0.5) is 0 Å². The standard InChI is InChI=1S/C17H16ClNO7S/c1-11(20)26-10-15(21)8-19(9-17(22)23)27(24,25)16-5-3-12-6-14(18)4-2-13(12)7-16/h2-7H,8-10H2,1H3,(H,22,23). The molecule has 0 fully saturated rings. The van der Waals surface area contributed by atoms with Crippen molar-refractivity contribution in [2.24, 2.45) is 0 Å². The lowest BCUT2D eigenvalue weighted by Gasteiger charge is -2.20. The second kappa shape index (κ2) is 8.47. The summed E-state index contributed by atoms with van der Waals surface area (Å²) in [4.78, 5) is 33.5. The molecule has 0 radical (unpaired) electrons. The number of rotatable bonds is 8. The molecule has 0 aliphatic heterocycles. The number of benzene rings is 2. The molecule has 0 unspecified atom stereocenters. The second-order valence-corrected chi connectivity index (χ2v) is 8.01. The van der Waals surface area contributed by atoms with E-state index in [1.807, 2.05) is 0 Å². The normalized spacial score (nSPS) is 11.5. The van der Waals surface area contributed by atoms with Crippen molar-refractivity contribution in [2.75, 3.05) is 19.7 Å². The predicted molar refractivity (Wildman–Crippen MR) is 97.0 cm³/mol. The molecule has 1 N–H and O–H groups in total. The summed E-state index contributed by atoms with van der Waals surface area (Å²) in [6.45, 7) is -1.19. The number of carboxylic acids is 1. The van der Waals surface area contributed by atoms with E-state index in [9.17, 15) is 22.8 Å². The number of ether oxygens (including phenoxy) is 1. The van der Waals surface area contributed by atoms with Gasteiger partial charge in [-0.25, -0.2) is 8.42 Å². The van der Waals surface area contributed by atoms with E-state index in [4.69, 9.17) is 16.7 Å². The third kappa shape index (κ3) is 5.49. The Kier molecular flexibility index (Phi) is 6.53. The van der Waals surface area contributed by atoms with Gasteiger partial charge in [0.1, 0.15) is 6.54 Å². The Hall–Kier alpha value is -2.49. The van der Waals surface area contributed by atoms with E-state index in [0.29, 0.717) is 20.1 Å². The number of Topliss-reactive ketones (excluding diaryl/α,β-unsaturated/α-hetero) is 1. The summed E-state index contributed by atoms with van der Waals surface area (Å²) >= 11 is 5.90. The third-order valence-electron chi connectivity index (χ3n) is 3.51. The molecule has 2 aromatic rings. The molecule has 0 aliphatic carbocycles. The highest BCUT2D eigenvalue weighted by atomic mass is 35.5. The zero-order chi connectivity index (χ0) is 20.2. The van der Waals surface area contributed by atoms with Crippen molar-refractivity contribution in [2.45, 2.75) is 11.8 Å². The molecule has 27 heavy (non-hydrogen) atoms. The fourth-order valence-corrected chi connectivity index (χ4v) is 3.89. The summed E-state index contributed by atoms with van der Waals surface area (Å²) < 4.78 is 30.7. The van der Waals surface area contributed by atoms with Crippen LogP contribution in [0, 0.1) is 0 Å². The molecule has 2 rings (SSSR count). The molecule has 0 aromatic heterocycles. The maximum Gasteiger partial charge on any atom is 0.318 e. The first-order valence-corrected chi connectivity index (χ1v) is 9.48. The topological polar surface area (TPSA) is 118 Å². The van der Waals surface area contributed by atoms with Gasteiger partial charge in [0.2, 0.25) is 10.0 Å². The van der Waals surface area contributed by atoms with Crippen LogP contribution in [-0.2, 0) is 29.1 Å². The van der Waals surface area contributed by atoms with Crippen molar-refractivity contribution in [1.29, 1.82) is 0 Å². The van der Waals surface area contributed by atoms with Gasteiger partial charge in [-0.15, -0.1) is 0 Å². The molecule has 10 heteroatoms. The van der Waals surface area contributed by atoms with Gasteiger partial charge in [0.05, 0.1) is 11.4 Å². The van der Waals surface area contributed by atoms with Gasteiger partial charge >= 0.3 is 11.9 Å². The average molecular weight is 414 g/mol. The van der Waals surface area contributed by atoms with Gasteiger partial charge in [-0.3, -0.25) is 14.4 Å². The van der Waals surface area contributed by atoms with Crippen molar-refractivity contribution < 1.29 is 32.6 Å². The number of carboxylic acid groups (broad SMARTS) is 1. The van der Waals surface area contributed by atoms with Crippen LogP contribution in [0.1, 0.15) is 6.92 Å². The van der Waals surface area contributed by atoms with Crippen LogP contribution in [0.2, 0.25) is 5.02 Å². The molecule has 8 nitrogen and oxygen atoms in total. The first kappa shape index (κ1) is 20.8. The van der Waals surface area contributed by atoms with E-state index in [1.165, 1.54) is 18.2 Å². The molecule has 0 spiro atoms. The Morgan fingerprint density at radius 1 is 1.07 bits per heavy atom. The number of nitrogens with zero attached hydrogens (tertiary/aromatic N) is 1. The predicted octanol–water partition coefficient (Wildman–Crippen LogP) is 1.70. The van der Waals surface area contributed by atoms with Gasteiger partial charge in [-0.05, 0) is 35.0 Å². The van der Waals surface area contributed by atoms with E-state index in [1.54, 1.807) is 18.2 Å². The molecule has 144 valence electrons. The Balaban J connectivity index is 2.34. The van der Waals surface area contributed by atoms with Gasteiger partial charge in [0.15, 0.2) is 12.4 Å². The first-order valence-electron chi connectivity index (χ1n) is 7.66. The summed E-state index contributed by atoms with van der Waals surface area (Å²) in [5.41, 5.74) is 0. The molecule has 2 aromatic carbocycles. The van der Waals surface area contributed by atoms with E-state index >= 15 is 0 Å². The summed E-state index contributed by atoms with van der Waals surface area (Å²) in [6.07, 6.45) is 0. The third-order valence-corrected chi connectivity index (χ3v) is 5.54. The quantitative estimate of drug-likeness (QED) is 0.654. The van der Waals surface area contributed by atoms with Crippen molar-refractivity contribution in [3.8, 4) is 0 Å². The Morgan fingerprint density at radius 2 is 1.70 bits per heavy atom. The minimum Gasteiger partial charge on any atom is -0.480 e. The van der Waals surface area contributed by atoms with E-state index in [2.05, 4.69) is 4.74 Å². The van der Waals surface area contributed by atoms with Crippen molar-refractivity contribution >= 4 is 50.1 Å². The number of carbonyl (C=O) groups excluding carboxylic acids is 2. The molecular formula is C17H16ClNO7S. The molecule has 0 saturated heterocycles. The zero-order valence-corrected chi connectivity index (χ0v) is 15.8. The maximum absolute atomic E-state index is 12.8. The first-order chi connectivity index (χ1) is 12.6. The number of fused-ring (bicyclic) bond motifs is 1. The highest BCUT2D eigenvalue weighted by Crippen LogP contribution is 2.24. The zero-order valence-electron chi connectivity index (χ0n) is 14.2. The number of esters is 1. The van der Waals surface area contributed by atoms with Crippen LogP contribution in [0.25, 0.3) is 10.8 Å². The van der Waals surface area contributed by atoms with E-state index < -0.39 is 47.4 Å². The highest BCUT2D eigenvalue weighted by Gasteiger charge is 2.29. The number of aliphatic carboxylic acids is 1. The van der Waals surface area contributed by atoms with Crippen molar-refractivity contribution in [1.82, 2.24) is 4.31 Å². The molecule has 0 bridgehead atoms. The van der Waals surface area contributed by atoms with Crippen LogP contribution < -0.4 is 0 Å². The summed E-state index contributed by atoms with van der Waals surface area (Å²) in [5.74, 6) is -2.88. The lowest BCUT2D eigenvalue weighted by atomic mass is 10.1. The fraction of sp³-hybridized carbons (Fsp3) is 0.235. The van der Waals surface area contributed by atoms with Gasteiger partial charge < -0.3 is 9.84 Å². The molecule has 0 atom stereocenters. The number of hydrogen-bond donors (Lipinski definition) is 1. The Bertz CT molecular complexity index is 1000. The maximum atomic E-state index is 12.8. The number of halogens is 1. The van der Waals surface area contributed by atoms with Gasteiger partial charge in [0, 0.05) is 11.9 Å². The summed E-state index contributed by atoms with van der Waals surface area (Å²) in [5, 5.41) is 10.8. The van der Waals surface area contributed by atoms with Gasteiger partial charge in [-0.2, -0.15) is 4.31 Å². The minimum atomic E-state index is -4.27. The molecule has 0 heterocycles. The van der Waals surface area contributed by atoms with Crippen molar-refractivity contribution in [3.05, 3.63) is 41.4 Å². The van der Waals surface area contributed by atoms with Crippen LogP contribution in [0.5, 0.6) is 0 Å². The Morgan fingerprint density at radius 3 is 2.33 bits per heavy atom. The van der Waals surface area contributed by atoms with E-state index in [0.717, 1.165) is 6.92 Å². The SMILES string of the molecule is CC(=O)OCC(=O)CN(CC(=O)O)S(=O)(=O)c1ccc2cc(Cl)ccc2c1. The van der Waals surface area contributed by atoms with E-state index in [-0.39, 0.29) is 4.90 Å². The van der Waals surface area contributed by atoms with Gasteiger partial charge in [0.25, 0.3) is 0 Å². The lowest BCUT2D eigenvalue weighted by Crippen LogP contribution is -2.40. The van der Waals surface area contributed by atoms with Crippen molar-refractivity contribution in [3.63, 3.8) is 0 Å². The average Bonchev–Trinajstić information content (AvgIpc) is 2.58. The van der Waals surface area contributed by atoms with Crippen LogP contribution in [-0.4, -0.2) is 55.2 Å². The summed E-state index contributed by atoms with van der Waals surface area (Å²) in [6, 6.07) is 9.09. The van der Waals surface area contributed by atoms with Crippen LogP contribution in [0.3, 0.4) is 0 Å². The lowest BCUT2D eigenvalue weighted by molar-refractivity contribution is -0.146. The minimum absolute atomic E-state index is 0.168. The fourth-order valence-electron chi connectivity index (χ4n) is 2.31. The number of sulfonamides is 1. The summed E-state index contributed by atoms with van der Waals surface area (Å²) in [7, 11) is -4.27. The Labute approximate surface area is 160 Å². The largest absolute Gasteiger partial charge is 0.480 e.